The van der Waals surface area contributed by atoms with Crippen LogP contribution in [0.2, 0.25) is 0 Å². The van der Waals surface area contributed by atoms with Gasteiger partial charge in [-0.3, -0.25) is 4.79 Å². The predicted molar refractivity (Wildman–Crippen MR) is 63.7 cm³/mol. The van der Waals surface area contributed by atoms with Crippen LogP contribution in [0.4, 0.5) is 0 Å². The monoisotopic (exact) mass is 258 g/mol. The Kier molecular flexibility index (Phi) is 8.21. The molecule has 0 fully saturated rings. The molecule has 0 aliphatic carbocycles. The summed E-state index contributed by atoms with van der Waals surface area (Å²) >= 11 is 0. The summed E-state index contributed by atoms with van der Waals surface area (Å²) in [5.74, 6) is -1.45. The van der Waals surface area contributed by atoms with Crippen molar-refractivity contribution in [2.24, 2.45) is 0 Å². The van der Waals surface area contributed by atoms with Gasteiger partial charge in [0, 0.05) is 12.2 Å². The molecule has 7 nitrogen and oxygen atoms in total. The van der Waals surface area contributed by atoms with Crippen LogP contribution >= 0.6 is 0 Å². The maximum Gasteiger partial charge on any atom is 0.331 e. The number of amides is 1. The van der Waals surface area contributed by atoms with Crippen molar-refractivity contribution >= 4 is 17.8 Å². The first-order valence-corrected chi connectivity index (χ1v) is 5.30. The summed E-state index contributed by atoms with van der Waals surface area (Å²) in [6, 6.07) is 0. The quantitative estimate of drug-likeness (QED) is 0.356. The number of hydrogen-bond donors (Lipinski definition) is 1. The summed E-state index contributed by atoms with van der Waals surface area (Å²) in [7, 11) is 4.76. The third-order valence-electron chi connectivity index (χ3n) is 1.69. The van der Waals surface area contributed by atoms with Crippen LogP contribution in [0.1, 0.15) is 0 Å². The zero-order valence-electron chi connectivity index (χ0n) is 10.8. The minimum absolute atomic E-state index is 0.0452. The standard InChI is InChI=1S/C11H18N2O5/c1-13(2)8-9(14)12-6-7-18-11(16)5-4-10(15)17-3/h4-5H,6-8H2,1-3H3,(H,12,14)/b5-4+. The van der Waals surface area contributed by atoms with Crippen LogP contribution < -0.4 is 5.32 Å². The third-order valence-corrected chi connectivity index (χ3v) is 1.69. The summed E-state index contributed by atoms with van der Waals surface area (Å²) in [6.45, 7) is 0.546. The van der Waals surface area contributed by atoms with Crippen molar-refractivity contribution in [2.45, 2.75) is 0 Å². The van der Waals surface area contributed by atoms with Gasteiger partial charge in [-0.1, -0.05) is 0 Å². The summed E-state index contributed by atoms with van der Waals surface area (Å²) < 4.78 is 9.03. The molecule has 0 aliphatic rings. The molecule has 0 heterocycles. The molecule has 0 aliphatic heterocycles. The van der Waals surface area contributed by atoms with E-state index in [0.717, 1.165) is 12.2 Å². The Morgan fingerprint density at radius 2 is 1.78 bits per heavy atom. The normalized spacial score (nSPS) is 10.4. The van der Waals surface area contributed by atoms with Crippen LogP contribution in [0, 0.1) is 0 Å². The first kappa shape index (κ1) is 16.1. The average molecular weight is 258 g/mol. The third kappa shape index (κ3) is 9.34. The fourth-order valence-corrected chi connectivity index (χ4v) is 0.937. The average Bonchev–Trinajstić information content (AvgIpc) is 2.30. The SMILES string of the molecule is COC(=O)/C=C/C(=O)OCCNC(=O)CN(C)C. The Labute approximate surface area is 106 Å². The number of carbonyl (C=O) groups excluding carboxylic acids is 3. The molecule has 7 heteroatoms. The van der Waals surface area contributed by atoms with Crippen LogP contribution in [-0.4, -0.2) is 63.6 Å². The summed E-state index contributed by atoms with van der Waals surface area (Å²) in [6.07, 6.45) is 1.93. The van der Waals surface area contributed by atoms with Gasteiger partial charge in [0.1, 0.15) is 6.61 Å². The van der Waals surface area contributed by atoms with Gasteiger partial charge >= 0.3 is 11.9 Å². The zero-order valence-corrected chi connectivity index (χ0v) is 10.8. The Hall–Kier alpha value is -1.89. The molecule has 0 spiro atoms. The maximum absolute atomic E-state index is 11.2. The van der Waals surface area contributed by atoms with E-state index >= 15 is 0 Å². The molecule has 0 aromatic heterocycles. The van der Waals surface area contributed by atoms with Crippen molar-refractivity contribution < 1.29 is 23.9 Å². The van der Waals surface area contributed by atoms with Crippen LogP contribution in [0.25, 0.3) is 0 Å². The number of nitrogens with one attached hydrogen (secondary N) is 1. The molecule has 0 saturated heterocycles. The molecule has 0 radical (unpaired) electrons. The van der Waals surface area contributed by atoms with Gasteiger partial charge in [-0.2, -0.15) is 0 Å². The highest BCUT2D eigenvalue weighted by molar-refractivity contribution is 5.91. The van der Waals surface area contributed by atoms with E-state index in [1.807, 2.05) is 0 Å². The summed E-state index contributed by atoms with van der Waals surface area (Å²) in [5.41, 5.74) is 0. The fourth-order valence-electron chi connectivity index (χ4n) is 0.937. The summed E-state index contributed by atoms with van der Waals surface area (Å²) in [5, 5.41) is 2.57. The number of likely N-dealkylation sites (N-methyl/N-ethyl adjacent to an activating group) is 1. The number of hydrogen-bond acceptors (Lipinski definition) is 6. The Morgan fingerprint density at radius 3 is 2.33 bits per heavy atom. The molecule has 0 aromatic carbocycles. The van der Waals surface area contributed by atoms with Gasteiger partial charge in [0.05, 0.1) is 20.2 Å². The van der Waals surface area contributed by atoms with Gasteiger partial charge in [0.25, 0.3) is 0 Å². The first-order chi connectivity index (χ1) is 8.45. The molecule has 102 valence electrons. The lowest BCUT2D eigenvalue weighted by Gasteiger charge is -2.09. The van der Waals surface area contributed by atoms with Gasteiger partial charge in [-0.05, 0) is 14.1 Å². The van der Waals surface area contributed by atoms with E-state index < -0.39 is 11.9 Å². The van der Waals surface area contributed by atoms with Gasteiger partial charge in [-0.15, -0.1) is 0 Å². The Morgan fingerprint density at radius 1 is 1.17 bits per heavy atom. The zero-order chi connectivity index (χ0) is 14.0. The molecule has 1 amide bonds. The fraction of sp³-hybridized carbons (Fsp3) is 0.545. The van der Waals surface area contributed by atoms with Crippen LogP contribution in [-0.2, 0) is 23.9 Å². The molecule has 0 aromatic rings. The second-order valence-electron chi connectivity index (χ2n) is 3.61. The van der Waals surface area contributed by atoms with Gasteiger partial charge < -0.3 is 19.7 Å². The number of methoxy groups -OCH3 is 1. The predicted octanol–water partition coefficient (Wildman–Crippen LogP) is -1.06. The highest BCUT2D eigenvalue weighted by Gasteiger charge is 2.03. The van der Waals surface area contributed by atoms with Crippen molar-refractivity contribution in [3.63, 3.8) is 0 Å². The van der Waals surface area contributed by atoms with Crippen molar-refractivity contribution in [1.82, 2.24) is 10.2 Å². The van der Waals surface area contributed by atoms with Gasteiger partial charge in [0.2, 0.25) is 5.91 Å². The van der Waals surface area contributed by atoms with E-state index in [-0.39, 0.29) is 25.6 Å². The summed E-state index contributed by atoms with van der Waals surface area (Å²) in [4.78, 5) is 34.6. The molecule has 0 saturated carbocycles. The lowest BCUT2D eigenvalue weighted by molar-refractivity contribution is -0.139. The minimum atomic E-state index is -0.665. The van der Waals surface area contributed by atoms with Crippen molar-refractivity contribution in [1.29, 1.82) is 0 Å². The van der Waals surface area contributed by atoms with Gasteiger partial charge in [-0.25, -0.2) is 9.59 Å². The smallest absolute Gasteiger partial charge is 0.331 e. The molecule has 0 bridgehead atoms. The van der Waals surface area contributed by atoms with E-state index in [1.54, 1.807) is 19.0 Å². The Bertz CT molecular complexity index is 325. The minimum Gasteiger partial charge on any atom is -0.466 e. The van der Waals surface area contributed by atoms with Crippen LogP contribution in [0.3, 0.4) is 0 Å². The van der Waals surface area contributed by atoms with E-state index in [2.05, 4.69) is 10.1 Å². The molecule has 18 heavy (non-hydrogen) atoms. The lowest BCUT2D eigenvalue weighted by atomic mass is 10.5. The van der Waals surface area contributed by atoms with Gasteiger partial charge in [0.15, 0.2) is 0 Å². The second-order valence-corrected chi connectivity index (χ2v) is 3.61. The van der Waals surface area contributed by atoms with Crippen molar-refractivity contribution in [3.05, 3.63) is 12.2 Å². The number of carbonyl (C=O) groups is 3. The topological polar surface area (TPSA) is 84.9 Å². The van der Waals surface area contributed by atoms with E-state index in [0.29, 0.717) is 0 Å². The number of rotatable bonds is 7. The van der Waals surface area contributed by atoms with E-state index in [9.17, 15) is 14.4 Å². The van der Waals surface area contributed by atoms with E-state index in [1.165, 1.54) is 7.11 Å². The largest absolute Gasteiger partial charge is 0.466 e. The highest BCUT2D eigenvalue weighted by atomic mass is 16.5. The van der Waals surface area contributed by atoms with Crippen molar-refractivity contribution in [2.75, 3.05) is 40.9 Å². The number of esters is 2. The van der Waals surface area contributed by atoms with Crippen LogP contribution in [0.5, 0.6) is 0 Å². The lowest BCUT2D eigenvalue weighted by Crippen LogP contribution is -2.35. The number of nitrogens with zero attached hydrogens (tertiary/aromatic N) is 1. The highest BCUT2D eigenvalue weighted by Crippen LogP contribution is 1.84. The van der Waals surface area contributed by atoms with Crippen LogP contribution in [0.15, 0.2) is 12.2 Å². The van der Waals surface area contributed by atoms with Crippen molar-refractivity contribution in [3.8, 4) is 0 Å². The molecule has 1 N–H and O–H groups in total. The number of ether oxygens (including phenoxy) is 2. The molecule has 0 rings (SSSR count). The Balaban J connectivity index is 3.66. The maximum atomic E-state index is 11.2. The second kappa shape index (κ2) is 9.17. The first-order valence-electron chi connectivity index (χ1n) is 5.30. The molecular formula is C11H18N2O5. The molecule has 0 atom stereocenters. The van der Waals surface area contributed by atoms with E-state index in [4.69, 9.17) is 4.74 Å². The molecule has 0 unspecified atom stereocenters. The molecular weight excluding hydrogens is 240 g/mol.